The van der Waals surface area contributed by atoms with Crippen molar-refractivity contribution in [3.63, 3.8) is 0 Å². The van der Waals surface area contributed by atoms with Gasteiger partial charge in [-0.2, -0.15) is 0 Å². The summed E-state index contributed by atoms with van der Waals surface area (Å²) in [4.78, 5) is 8.25. The van der Waals surface area contributed by atoms with Gasteiger partial charge < -0.3 is 15.4 Å². The maximum absolute atomic E-state index is 5.10. The Bertz CT molecular complexity index is 341. The maximum Gasteiger partial charge on any atom is 0.131 e. The summed E-state index contributed by atoms with van der Waals surface area (Å²) in [5.41, 5.74) is 0.181. The van der Waals surface area contributed by atoms with Crippen molar-refractivity contribution >= 4 is 11.6 Å². The van der Waals surface area contributed by atoms with Gasteiger partial charge >= 0.3 is 0 Å². The van der Waals surface area contributed by atoms with Crippen molar-refractivity contribution < 1.29 is 4.74 Å². The van der Waals surface area contributed by atoms with E-state index in [0.717, 1.165) is 31.2 Å². The van der Waals surface area contributed by atoms with Crippen LogP contribution in [0, 0.1) is 5.41 Å². The third kappa shape index (κ3) is 4.99. The second kappa shape index (κ2) is 6.39. The summed E-state index contributed by atoms with van der Waals surface area (Å²) >= 11 is 0. The third-order valence-electron chi connectivity index (χ3n) is 2.65. The van der Waals surface area contributed by atoms with Crippen molar-refractivity contribution in [1.82, 2.24) is 9.97 Å². The largest absolute Gasteiger partial charge is 0.385 e. The van der Waals surface area contributed by atoms with Crippen molar-refractivity contribution in [2.75, 3.05) is 37.9 Å². The molecule has 0 aliphatic carbocycles. The van der Waals surface area contributed by atoms with Crippen molar-refractivity contribution in [2.45, 2.75) is 20.3 Å². The number of hydrogen-bond acceptors (Lipinski definition) is 5. The van der Waals surface area contributed by atoms with Crippen LogP contribution in [0.4, 0.5) is 11.6 Å². The molecule has 17 heavy (non-hydrogen) atoms. The second-order valence-corrected chi connectivity index (χ2v) is 4.80. The number of aromatic nitrogens is 2. The first-order valence-corrected chi connectivity index (χ1v) is 5.80. The van der Waals surface area contributed by atoms with Gasteiger partial charge in [0.15, 0.2) is 0 Å². The van der Waals surface area contributed by atoms with Crippen molar-refractivity contribution in [2.24, 2.45) is 5.41 Å². The topological polar surface area (TPSA) is 59.1 Å². The minimum Gasteiger partial charge on any atom is -0.385 e. The van der Waals surface area contributed by atoms with Crippen LogP contribution in [0.5, 0.6) is 0 Å². The quantitative estimate of drug-likeness (QED) is 0.760. The van der Waals surface area contributed by atoms with Crippen LogP contribution in [0.2, 0.25) is 0 Å². The van der Waals surface area contributed by atoms with E-state index < -0.39 is 0 Å². The molecule has 0 spiro atoms. The molecule has 1 heterocycles. The molecule has 0 unspecified atom stereocenters. The van der Waals surface area contributed by atoms with Crippen molar-refractivity contribution in [1.29, 1.82) is 0 Å². The number of methoxy groups -OCH3 is 1. The third-order valence-corrected chi connectivity index (χ3v) is 2.65. The van der Waals surface area contributed by atoms with E-state index in [-0.39, 0.29) is 5.41 Å². The predicted octanol–water partition coefficient (Wildman–Crippen LogP) is 1.99. The summed E-state index contributed by atoms with van der Waals surface area (Å²) < 4.78 is 5.10. The molecule has 0 radical (unpaired) electrons. The average molecular weight is 238 g/mol. The minimum absolute atomic E-state index is 0.181. The molecular weight excluding hydrogens is 216 g/mol. The number of nitrogens with one attached hydrogen (secondary N) is 2. The molecule has 0 bridgehead atoms. The monoisotopic (exact) mass is 238 g/mol. The number of hydrogen-bond donors (Lipinski definition) is 2. The van der Waals surface area contributed by atoms with Crippen molar-refractivity contribution in [3.05, 3.63) is 12.4 Å². The van der Waals surface area contributed by atoms with Crippen LogP contribution in [0.25, 0.3) is 0 Å². The molecule has 0 saturated heterocycles. The van der Waals surface area contributed by atoms with Gasteiger partial charge in [-0.3, -0.25) is 0 Å². The molecule has 5 nitrogen and oxygen atoms in total. The van der Waals surface area contributed by atoms with E-state index in [1.54, 1.807) is 13.4 Å². The Hall–Kier alpha value is -1.36. The first-order valence-electron chi connectivity index (χ1n) is 5.80. The number of ether oxygens (including phenoxy) is 1. The summed E-state index contributed by atoms with van der Waals surface area (Å²) in [6.07, 6.45) is 2.57. The van der Waals surface area contributed by atoms with Crippen LogP contribution < -0.4 is 10.6 Å². The van der Waals surface area contributed by atoms with Gasteiger partial charge in [-0.05, 0) is 11.8 Å². The predicted molar refractivity (Wildman–Crippen MR) is 70.3 cm³/mol. The Kier molecular flexibility index (Phi) is 5.15. The molecule has 5 heteroatoms. The van der Waals surface area contributed by atoms with Gasteiger partial charge in [-0.1, -0.05) is 13.8 Å². The lowest BCUT2D eigenvalue weighted by molar-refractivity contribution is 0.157. The number of rotatable bonds is 7. The van der Waals surface area contributed by atoms with Gasteiger partial charge in [0, 0.05) is 33.4 Å². The van der Waals surface area contributed by atoms with Gasteiger partial charge in [0.1, 0.15) is 18.0 Å². The van der Waals surface area contributed by atoms with Crippen LogP contribution in [-0.4, -0.2) is 37.3 Å². The van der Waals surface area contributed by atoms with Crippen molar-refractivity contribution in [3.8, 4) is 0 Å². The van der Waals surface area contributed by atoms with Gasteiger partial charge in [0.05, 0.1) is 0 Å². The van der Waals surface area contributed by atoms with Gasteiger partial charge in [-0.25, -0.2) is 9.97 Å². The van der Waals surface area contributed by atoms with E-state index >= 15 is 0 Å². The van der Waals surface area contributed by atoms with Gasteiger partial charge in [0.2, 0.25) is 0 Å². The SMILES string of the molecule is CNc1cc(NCC(C)(C)CCOC)ncn1. The van der Waals surface area contributed by atoms with Crippen LogP contribution >= 0.6 is 0 Å². The van der Waals surface area contributed by atoms with Gasteiger partial charge in [-0.15, -0.1) is 0 Å². The Morgan fingerprint density at radius 2 is 2.00 bits per heavy atom. The lowest BCUT2D eigenvalue weighted by Gasteiger charge is -2.24. The van der Waals surface area contributed by atoms with E-state index in [2.05, 4.69) is 34.4 Å². The Morgan fingerprint density at radius 3 is 2.65 bits per heavy atom. The fraction of sp³-hybridized carbons (Fsp3) is 0.667. The molecule has 1 aromatic rings. The van der Waals surface area contributed by atoms with E-state index in [9.17, 15) is 0 Å². The smallest absolute Gasteiger partial charge is 0.131 e. The van der Waals surface area contributed by atoms with Crippen LogP contribution in [0.3, 0.4) is 0 Å². The highest BCUT2D eigenvalue weighted by atomic mass is 16.5. The molecule has 2 N–H and O–H groups in total. The summed E-state index contributed by atoms with van der Waals surface area (Å²) in [6.45, 7) is 6.05. The standard InChI is InChI=1S/C12H22N4O/c1-12(2,5-6-17-4)8-14-11-7-10(13-3)15-9-16-11/h7,9H,5-6,8H2,1-4H3,(H2,13,14,15,16). The van der Waals surface area contributed by atoms with Gasteiger partial charge in [0.25, 0.3) is 0 Å². The molecule has 0 aliphatic heterocycles. The molecule has 0 atom stereocenters. The molecular formula is C12H22N4O. The fourth-order valence-electron chi connectivity index (χ4n) is 1.39. The normalized spacial score (nSPS) is 11.3. The lowest BCUT2D eigenvalue weighted by atomic mass is 9.90. The summed E-state index contributed by atoms with van der Waals surface area (Å²) in [7, 11) is 3.57. The summed E-state index contributed by atoms with van der Waals surface area (Å²) in [5.74, 6) is 1.66. The second-order valence-electron chi connectivity index (χ2n) is 4.80. The molecule has 0 aliphatic rings. The number of anilines is 2. The van der Waals surface area contributed by atoms with E-state index in [1.807, 2.05) is 13.1 Å². The molecule has 1 aromatic heterocycles. The van der Waals surface area contributed by atoms with Crippen LogP contribution in [0.1, 0.15) is 20.3 Å². The minimum atomic E-state index is 0.181. The molecule has 0 aromatic carbocycles. The van der Waals surface area contributed by atoms with E-state index in [0.29, 0.717) is 0 Å². The van der Waals surface area contributed by atoms with E-state index in [1.165, 1.54) is 0 Å². The highest BCUT2D eigenvalue weighted by molar-refractivity contribution is 5.45. The Balaban J connectivity index is 2.48. The Morgan fingerprint density at radius 1 is 1.29 bits per heavy atom. The van der Waals surface area contributed by atoms with Crippen LogP contribution in [0.15, 0.2) is 12.4 Å². The molecule has 0 saturated carbocycles. The average Bonchev–Trinajstić information content (AvgIpc) is 2.34. The highest BCUT2D eigenvalue weighted by Gasteiger charge is 2.17. The maximum atomic E-state index is 5.10. The first kappa shape index (κ1) is 13.7. The summed E-state index contributed by atoms with van der Waals surface area (Å²) in [6, 6.07) is 1.90. The number of nitrogens with zero attached hydrogens (tertiary/aromatic N) is 2. The van der Waals surface area contributed by atoms with Crippen LogP contribution in [-0.2, 0) is 4.74 Å². The molecule has 0 fully saturated rings. The first-order chi connectivity index (χ1) is 8.07. The molecule has 96 valence electrons. The van der Waals surface area contributed by atoms with E-state index in [4.69, 9.17) is 4.74 Å². The highest BCUT2D eigenvalue weighted by Crippen LogP contribution is 2.21. The zero-order valence-electron chi connectivity index (χ0n) is 11.1. The molecule has 1 rings (SSSR count). The fourth-order valence-corrected chi connectivity index (χ4v) is 1.39. The lowest BCUT2D eigenvalue weighted by Crippen LogP contribution is -2.25. The zero-order chi connectivity index (χ0) is 12.7. The zero-order valence-corrected chi connectivity index (χ0v) is 11.1. The molecule has 0 amide bonds. The Labute approximate surface area is 103 Å². The summed E-state index contributed by atoms with van der Waals surface area (Å²) in [5, 5.41) is 6.31.